The van der Waals surface area contributed by atoms with Crippen molar-refractivity contribution in [2.45, 2.75) is 32.7 Å². The molecule has 0 fully saturated rings. The zero-order valence-electron chi connectivity index (χ0n) is 11.5. The third-order valence-electron chi connectivity index (χ3n) is 3.99. The monoisotopic (exact) mass is 253 g/mol. The highest BCUT2D eigenvalue weighted by molar-refractivity contribution is 6.49. The summed E-state index contributed by atoms with van der Waals surface area (Å²) in [6.45, 7) is 3.12. The average Bonchev–Trinajstić information content (AvgIpc) is 2.82. The molecule has 1 aromatic carbocycles. The molecule has 0 saturated heterocycles. The molecular weight excluding hydrogens is 234 g/mol. The van der Waals surface area contributed by atoms with Crippen LogP contribution in [-0.4, -0.2) is 23.0 Å². The number of hydrogen-bond donors (Lipinski definition) is 1. The molecule has 1 aliphatic rings. The summed E-state index contributed by atoms with van der Waals surface area (Å²) in [5, 5.41) is 9.61. The lowest BCUT2D eigenvalue weighted by Crippen LogP contribution is -2.13. The van der Waals surface area contributed by atoms with Gasteiger partial charge < -0.3 is 4.57 Å². The predicted molar refractivity (Wildman–Crippen MR) is 80.7 cm³/mol. The maximum Gasteiger partial charge on any atom is 0.0843 e. The van der Waals surface area contributed by atoms with Crippen LogP contribution in [0.3, 0.4) is 0 Å². The quantitative estimate of drug-likeness (QED) is 0.814. The van der Waals surface area contributed by atoms with Crippen molar-refractivity contribution in [3.8, 4) is 0 Å². The second kappa shape index (κ2) is 4.65. The van der Waals surface area contributed by atoms with Crippen molar-refractivity contribution in [3.63, 3.8) is 0 Å². The third kappa shape index (κ3) is 1.81. The number of aliphatic imine (C=N–C) groups is 1. The largest absolute Gasteiger partial charge is 0.347 e. The van der Waals surface area contributed by atoms with Crippen molar-refractivity contribution < 1.29 is 0 Å². The van der Waals surface area contributed by atoms with Gasteiger partial charge in [-0.2, -0.15) is 0 Å². The first-order chi connectivity index (χ1) is 9.26. The van der Waals surface area contributed by atoms with Gasteiger partial charge >= 0.3 is 0 Å². The first-order valence-corrected chi connectivity index (χ1v) is 6.92. The zero-order valence-corrected chi connectivity index (χ0v) is 11.5. The molecule has 98 valence electrons. The van der Waals surface area contributed by atoms with Crippen molar-refractivity contribution in [1.82, 2.24) is 4.57 Å². The van der Waals surface area contributed by atoms with Crippen LogP contribution in [0.15, 0.2) is 29.4 Å². The van der Waals surface area contributed by atoms with Crippen molar-refractivity contribution in [2.75, 3.05) is 7.05 Å². The van der Waals surface area contributed by atoms with E-state index in [2.05, 4.69) is 40.9 Å². The van der Waals surface area contributed by atoms with Gasteiger partial charge in [0.1, 0.15) is 0 Å². The summed E-state index contributed by atoms with van der Waals surface area (Å²) in [6, 6.07) is 6.45. The summed E-state index contributed by atoms with van der Waals surface area (Å²) < 4.78 is 2.31. The molecule has 0 unspecified atom stereocenters. The highest BCUT2D eigenvalue weighted by atomic mass is 15.0. The lowest BCUT2D eigenvalue weighted by molar-refractivity contribution is 0.636. The molecule has 1 aliphatic heterocycles. The Labute approximate surface area is 113 Å². The summed E-state index contributed by atoms with van der Waals surface area (Å²) in [4.78, 5) is 4.25. The van der Waals surface area contributed by atoms with Gasteiger partial charge in [0.15, 0.2) is 0 Å². The van der Waals surface area contributed by atoms with Crippen LogP contribution < -0.4 is 0 Å². The van der Waals surface area contributed by atoms with Gasteiger partial charge in [0.05, 0.1) is 16.9 Å². The van der Waals surface area contributed by atoms with Gasteiger partial charge in [0, 0.05) is 30.7 Å². The number of aryl methyl sites for hydroxylation is 2. The molecule has 3 heteroatoms. The number of hydrogen-bond acceptors (Lipinski definition) is 2. The van der Waals surface area contributed by atoms with E-state index in [4.69, 9.17) is 5.41 Å². The molecule has 0 saturated carbocycles. The van der Waals surface area contributed by atoms with Gasteiger partial charge in [0.25, 0.3) is 0 Å². The molecule has 3 nitrogen and oxygen atoms in total. The molecule has 1 aromatic heterocycles. The molecule has 3 rings (SSSR count). The number of benzene rings is 1. The summed E-state index contributed by atoms with van der Waals surface area (Å²) in [5.74, 6) is 0. The summed E-state index contributed by atoms with van der Waals surface area (Å²) in [7, 11) is 1.77. The Morgan fingerprint density at radius 2 is 2.26 bits per heavy atom. The van der Waals surface area contributed by atoms with Gasteiger partial charge in [0.2, 0.25) is 0 Å². The molecule has 0 bridgehead atoms. The van der Waals surface area contributed by atoms with Crippen molar-refractivity contribution in [2.24, 2.45) is 4.99 Å². The Kier molecular flexibility index (Phi) is 2.97. The van der Waals surface area contributed by atoms with E-state index in [1.807, 2.05) is 0 Å². The van der Waals surface area contributed by atoms with E-state index in [0.717, 1.165) is 30.7 Å². The van der Waals surface area contributed by atoms with E-state index in [1.165, 1.54) is 22.9 Å². The number of nitrogens with one attached hydrogen (secondary N) is 1. The first-order valence-electron chi connectivity index (χ1n) is 6.92. The molecule has 0 atom stereocenters. The van der Waals surface area contributed by atoms with Crippen molar-refractivity contribution >= 4 is 22.3 Å². The van der Waals surface area contributed by atoms with E-state index in [0.29, 0.717) is 5.71 Å². The van der Waals surface area contributed by atoms with Gasteiger partial charge in [-0.25, -0.2) is 0 Å². The van der Waals surface area contributed by atoms with Gasteiger partial charge in [-0.1, -0.05) is 25.1 Å². The lowest BCUT2D eigenvalue weighted by Gasteiger charge is -2.14. The van der Waals surface area contributed by atoms with Crippen LogP contribution in [0, 0.1) is 5.41 Å². The van der Waals surface area contributed by atoms with Crippen LogP contribution in [0.5, 0.6) is 0 Å². The Bertz CT molecular complexity index is 677. The van der Waals surface area contributed by atoms with E-state index in [9.17, 15) is 0 Å². The maximum absolute atomic E-state index is 8.40. The van der Waals surface area contributed by atoms with Crippen LogP contribution in [0.25, 0.3) is 10.9 Å². The predicted octanol–water partition coefficient (Wildman–Crippen LogP) is 3.44. The van der Waals surface area contributed by atoms with E-state index in [1.54, 1.807) is 7.05 Å². The summed E-state index contributed by atoms with van der Waals surface area (Å²) in [6.07, 6.45) is 5.28. The molecule has 2 aromatic rings. The minimum Gasteiger partial charge on any atom is -0.347 e. The fourth-order valence-corrected chi connectivity index (χ4v) is 3.06. The first kappa shape index (κ1) is 12.2. The van der Waals surface area contributed by atoms with E-state index < -0.39 is 0 Å². The molecule has 1 N–H and O–H groups in total. The molecule has 0 spiro atoms. The number of rotatable bonds is 3. The Morgan fingerprint density at radius 1 is 1.42 bits per heavy atom. The molecule has 0 radical (unpaired) electrons. The fourth-order valence-electron chi connectivity index (χ4n) is 3.06. The van der Waals surface area contributed by atoms with Gasteiger partial charge in [-0.15, -0.1) is 0 Å². The average molecular weight is 253 g/mol. The molecular formula is C16H19N3. The Morgan fingerprint density at radius 3 is 3.00 bits per heavy atom. The molecule has 0 amide bonds. The fraction of sp³-hybridized carbons (Fsp3) is 0.375. The second-order valence-corrected chi connectivity index (χ2v) is 5.05. The van der Waals surface area contributed by atoms with Crippen LogP contribution in [0.1, 0.15) is 30.9 Å². The normalized spacial score (nSPS) is 14.9. The highest BCUT2D eigenvalue weighted by Crippen LogP contribution is 2.29. The molecule has 0 aliphatic carbocycles. The summed E-state index contributed by atoms with van der Waals surface area (Å²) >= 11 is 0. The van der Waals surface area contributed by atoms with Crippen LogP contribution >= 0.6 is 0 Å². The molecule has 2 heterocycles. The Hall–Kier alpha value is -1.90. The van der Waals surface area contributed by atoms with Gasteiger partial charge in [-0.05, 0) is 24.8 Å². The zero-order chi connectivity index (χ0) is 13.4. The second-order valence-electron chi connectivity index (χ2n) is 5.05. The van der Waals surface area contributed by atoms with Crippen LogP contribution in [-0.2, 0) is 13.0 Å². The van der Waals surface area contributed by atoms with Crippen molar-refractivity contribution in [1.29, 1.82) is 5.41 Å². The van der Waals surface area contributed by atoms with Gasteiger partial charge in [-0.3, -0.25) is 10.4 Å². The number of nitrogens with zero attached hydrogens (tertiary/aromatic N) is 2. The van der Waals surface area contributed by atoms with E-state index >= 15 is 0 Å². The standard InChI is InChI=1S/C16H19N3/c1-3-14(18-2)15(17)13-10-19-9-5-7-11-6-4-8-12(13)16(11)19/h4,6,8,10,17H,3,5,7,9H2,1-2H3. The third-order valence-corrected chi connectivity index (χ3v) is 3.99. The molecule has 19 heavy (non-hydrogen) atoms. The smallest absolute Gasteiger partial charge is 0.0843 e. The summed E-state index contributed by atoms with van der Waals surface area (Å²) in [5.41, 5.74) is 5.21. The topological polar surface area (TPSA) is 41.1 Å². The Balaban J connectivity index is 2.22. The number of aromatic nitrogens is 1. The minimum absolute atomic E-state index is 0.577. The maximum atomic E-state index is 8.40. The number of para-hydroxylation sites is 1. The van der Waals surface area contributed by atoms with Crippen molar-refractivity contribution in [3.05, 3.63) is 35.5 Å². The van der Waals surface area contributed by atoms with Crippen LogP contribution in [0.2, 0.25) is 0 Å². The van der Waals surface area contributed by atoms with Crippen LogP contribution in [0.4, 0.5) is 0 Å². The van der Waals surface area contributed by atoms with E-state index in [-0.39, 0.29) is 0 Å². The minimum atomic E-state index is 0.577. The highest BCUT2D eigenvalue weighted by Gasteiger charge is 2.19. The lowest BCUT2D eigenvalue weighted by atomic mass is 9.99. The SMILES string of the molecule is CCC(=NC)C(=N)c1cn2c3c(cccc13)CCC2.